The molecule has 1 atom stereocenters. The number of benzene rings is 4. The van der Waals surface area contributed by atoms with Crippen LogP contribution in [0, 0.1) is 0 Å². The second-order valence-electron chi connectivity index (χ2n) is 5.79. The van der Waals surface area contributed by atoms with E-state index in [1.807, 2.05) is 6.07 Å². The molecule has 0 bridgehead atoms. The molecule has 0 aromatic heterocycles. The molecule has 108 valence electrons. The zero-order valence-corrected chi connectivity index (χ0v) is 12.0. The summed E-state index contributed by atoms with van der Waals surface area (Å²) in [6.07, 6.45) is 0.157. The van der Waals surface area contributed by atoms with Gasteiger partial charge in [-0.2, -0.15) is 0 Å². The molecule has 1 amide bonds. The number of rotatable bonds is 3. The molecule has 0 aliphatic carbocycles. The third-order valence-corrected chi connectivity index (χ3v) is 4.38. The molecule has 0 aliphatic rings. The van der Waals surface area contributed by atoms with Crippen molar-refractivity contribution in [2.24, 2.45) is 11.5 Å². The minimum atomic E-state index is -0.377. The van der Waals surface area contributed by atoms with E-state index in [4.69, 9.17) is 11.5 Å². The third-order valence-electron chi connectivity index (χ3n) is 4.38. The van der Waals surface area contributed by atoms with Crippen molar-refractivity contribution in [1.82, 2.24) is 0 Å². The summed E-state index contributed by atoms with van der Waals surface area (Å²) in [4.78, 5) is 11.2. The fraction of sp³-hybridized carbons (Fsp3) is 0.105. The van der Waals surface area contributed by atoms with Gasteiger partial charge in [-0.3, -0.25) is 4.79 Å². The third kappa shape index (κ3) is 1.83. The quantitative estimate of drug-likeness (QED) is 0.567. The summed E-state index contributed by atoms with van der Waals surface area (Å²) in [5.41, 5.74) is 12.5. The lowest BCUT2D eigenvalue weighted by atomic mass is 9.89. The van der Waals surface area contributed by atoms with Crippen molar-refractivity contribution >= 4 is 38.2 Å². The first-order valence-corrected chi connectivity index (χ1v) is 7.35. The summed E-state index contributed by atoms with van der Waals surface area (Å²) in [6, 6.07) is 18.5. The van der Waals surface area contributed by atoms with Crippen molar-refractivity contribution in [2.45, 2.75) is 12.5 Å². The largest absolute Gasteiger partial charge is 0.370 e. The number of hydrogen-bond acceptors (Lipinski definition) is 2. The van der Waals surface area contributed by atoms with Gasteiger partial charge in [-0.25, -0.2) is 0 Å². The van der Waals surface area contributed by atoms with E-state index < -0.39 is 0 Å². The molecule has 0 saturated carbocycles. The van der Waals surface area contributed by atoms with E-state index in [-0.39, 0.29) is 18.4 Å². The van der Waals surface area contributed by atoms with Crippen LogP contribution < -0.4 is 11.5 Å². The Labute approximate surface area is 127 Å². The Kier molecular flexibility index (Phi) is 2.78. The van der Waals surface area contributed by atoms with Gasteiger partial charge in [0.1, 0.15) is 0 Å². The second kappa shape index (κ2) is 4.68. The molecule has 4 N–H and O–H groups in total. The molecule has 0 spiro atoms. The maximum atomic E-state index is 11.2. The van der Waals surface area contributed by atoms with E-state index in [1.165, 1.54) is 26.9 Å². The Morgan fingerprint density at radius 2 is 1.45 bits per heavy atom. The molecular weight excluding hydrogens is 272 g/mol. The van der Waals surface area contributed by atoms with E-state index in [0.29, 0.717) is 0 Å². The van der Waals surface area contributed by atoms with Gasteiger partial charge in [-0.1, -0.05) is 54.6 Å². The monoisotopic (exact) mass is 288 g/mol. The van der Waals surface area contributed by atoms with Crippen LogP contribution in [0.1, 0.15) is 18.0 Å². The molecule has 4 aromatic carbocycles. The van der Waals surface area contributed by atoms with E-state index in [1.54, 1.807) is 0 Å². The lowest BCUT2D eigenvalue weighted by Crippen LogP contribution is -2.20. The Morgan fingerprint density at radius 3 is 2.14 bits per heavy atom. The van der Waals surface area contributed by atoms with Crippen LogP contribution in [0.4, 0.5) is 0 Å². The predicted octanol–water partition coefficient (Wildman–Crippen LogP) is 3.46. The van der Waals surface area contributed by atoms with Crippen LogP contribution in [-0.2, 0) is 4.79 Å². The molecule has 4 aromatic rings. The van der Waals surface area contributed by atoms with Crippen molar-refractivity contribution in [2.75, 3.05) is 0 Å². The molecule has 3 heteroatoms. The second-order valence-corrected chi connectivity index (χ2v) is 5.79. The molecule has 3 nitrogen and oxygen atoms in total. The van der Waals surface area contributed by atoms with Crippen LogP contribution in [0.2, 0.25) is 0 Å². The van der Waals surface area contributed by atoms with Crippen molar-refractivity contribution < 1.29 is 4.79 Å². The minimum absolute atomic E-state index is 0.157. The number of nitrogens with two attached hydrogens (primary N) is 2. The Balaban J connectivity index is 2.10. The molecule has 0 saturated heterocycles. The lowest BCUT2D eigenvalue weighted by molar-refractivity contribution is -0.118. The van der Waals surface area contributed by atoms with Crippen molar-refractivity contribution in [1.29, 1.82) is 0 Å². The summed E-state index contributed by atoms with van der Waals surface area (Å²) >= 11 is 0. The molecule has 4 rings (SSSR count). The average molecular weight is 288 g/mol. The number of carbonyl (C=O) groups excluding carboxylic acids is 1. The molecule has 1 unspecified atom stereocenters. The van der Waals surface area contributed by atoms with E-state index in [0.717, 1.165) is 10.9 Å². The molecular formula is C19H16N2O. The predicted molar refractivity (Wildman–Crippen MR) is 90.9 cm³/mol. The van der Waals surface area contributed by atoms with Crippen LogP contribution in [-0.4, -0.2) is 5.91 Å². The highest BCUT2D eigenvalue weighted by Gasteiger charge is 2.15. The Bertz CT molecular complexity index is 990. The highest BCUT2D eigenvalue weighted by atomic mass is 16.1. The fourth-order valence-corrected chi connectivity index (χ4v) is 3.41. The molecule has 0 fully saturated rings. The van der Waals surface area contributed by atoms with Crippen molar-refractivity contribution in [3.05, 3.63) is 60.2 Å². The lowest BCUT2D eigenvalue weighted by Gasteiger charge is -2.17. The van der Waals surface area contributed by atoms with Gasteiger partial charge in [0, 0.05) is 12.5 Å². The first-order chi connectivity index (χ1) is 10.6. The minimum Gasteiger partial charge on any atom is -0.370 e. The highest BCUT2D eigenvalue weighted by Crippen LogP contribution is 2.37. The number of carbonyl (C=O) groups is 1. The standard InChI is InChI=1S/C19H16N2O/c20-16(10-17(21)22)14-8-6-13-5-4-11-2-1-3-12-7-9-15(14)19(13)18(11)12/h1-9,16H,10,20H2,(H2,21,22). The van der Waals surface area contributed by atoms with E-state index in [9.17, 15) is 4.79 Å². The fourth-order valence-electron chi connectivity index (χ4n) is 3.41. The number of amides is 1. The summed E-state index contributed by atoms with van der Waals surface area (Å²) in [5.74, 6) is -0.377. The maximum absolute atomic E-state index is 11.2. The number of primary amides is 1. The summed E-state index contributed by atoms with van der Waals surface area (Å²) in [7, 11) is 0. The molecule has 22 heavy (non-hydrogen) atoms. The summed E-state index contributed by atoms with van der Waals surface area (Å²) < 4.78 is 0. The van der Waals surface area contributed by atoms with E-state index >= 15 is 0 Å². The highest BCUT2D eigenvalue weighted by molar-refractivity contribution is 6.23. The SMILES string of the molecule is NC(=O)CC(N)c1ccc2ccc3cccc4ccc1c2c34. The summed E-state index contributed by atoms with van der Waals surface area (Å²) in [5, 5.41) is 7.20. The van der Waals surface area contributed by atoms with Crippen molar-refractivity contribution in [3.8, 4) is 0 Å². The van der Waals surface area contributed by atoms with Crippen molar-refractivity contribution in [3.63, 3.8) is 0 Å². The van der Waals surface area contributed by atoms with Crippen LogP contribution in [0.3, 0.4) is 0 Å². The van der Waals surface area contributed by atoms with Crippen LogP contribution in [0.15, 0.2) is 54.6 Å². The number of hydrogen-bond donors (Lipinski definition) is 2. The Hall–Kier alpha value is -2.65. The van der Waals surface area contributed by atoms with Crippen LogP contribution >= 0.6 is 0 Å². The van der Waals surface area contributed by atoms with Crippen LogP contribution in [0.5, 0.6) is 0 Å². The van der Waals surface area contributed by atoms with E-state index in [2.05, 4.69) is 48.5 Å². The topological polar surface area (TPSA) is 69.1 Å². The Morgan fingerprint density at radius 1 is 0.864 bits per heavy atom. The summed E-state index contributed by atoms with van der Waals surface area (Å²) in [6.45, 7) is 0. The van der Waals surface area contributed by atoms with Gasteiger partial charge >= 0.3 is 0 Å². The zero-order chi connectivity index (χ0) is 15.3. The van der Waals surface area contributed by atoms with Gasteiger partial charge in [-0.05, 0) is 37.9 Å². The van der Waals surface area contributed by atoms with Gasteiger partial charge in [-0.15, -0.1) is 0 Å². The first-order valence-electron chi connectivity index (χ1n) is 7.35. The first kappa shape index (κ1) is 13.0. The van der Waals surface area contributed by atoms with Gasteiger partial charge in [0.2, 0.25) is 5.91 Å². The molecule has 0 radical (unpaired) electrons. The van der Waals surface area contributed by atoms with Crippen LogP contribution in [0.25, 0.3) is 32.3 Å². The maximum Gasteiger partial charge on any atom is 0.219 e. The molecule has 0 aliphatic heterocycles. The normalized spacial score (nSPS) is 13.1. The van der Waals surface area contributed by atoms with Gasteiger partial charge in [0.25, 0.3) is 0 Å². The van der Waals surface area contributed by atoms with Gasteiger partial charge in [0.15, 0.2) is 0 Å². The van der Waals surface area contributed by atoms with Gasteiger partial charge < -0.3 is 11.5 Å². The molecule has 0 heterocycles. The van der Waals surface area contributed by atoms with Gasteiger partial charge in [0.05, 0.1) is 0 Å². The average Bonchev–Trinajstić information content (AvgIpc) is 2.51. The zero-order valence-electron chi connectivity index (χ0n) is 12.0. The smallest absolute Gasteiger partial charge is 0.219 e.